The van der Waals surface area contributed by atoms with Crippen molar-refractivity contribution >= 4 is 33.6 Å². The number of rotatable bonds is 4. The summed E-state index contributed by atoms with van der Waals surface area (Å²) in [5.74, 6) is -0.618. The Bertz CT molecular complexity index is 1460. The first-order valence-electron chi connectivity index (χ1n) is 11.8. The van der Waals surface area contributed by atoms with Gasteiger partial charge in [0.15, 0.2) is 11.6 Å². The van der Waals surface area contributed by atoms with E-state index in [0.29, 0.717) is 11.1 Å². The molecule has 172 valence electrons. The van der Waals surface area contributed by atoms with Gasteiger partial charge in [0, 0.05) is 39.8 Å². The molecule has 3 nitrogen and oxygen atoms in total. The lowest BCUT2D eigenvalue weighted by Crippen LogP contribution is -2.31. The fourth-order valence-corrected chi connectivity index (χ4v) is 4.93. The number of fused-ring (bicyclic) bond motifs is 1. The van der Waals surface area contributed by atoms with Crippen LogP contribution in [0.2, 0.25) is 0 Å². The number of allylic oxidation sites excluding steroid dienone is 3. The minimum atomic E-state index is -0.820. The van der Waals surface area contributed by atoms with Crippen molar-refractivity contribution in [3.05, 3.63) is 132 Å². The van der Waals surface area contributed by atoms with Gasteiger partial charge in [-0.1, -0.05) is 111 Å². The topological polar surface area (TPSA) is 46.2 Å². The Balaban J connectivity index is 1.69. The van der Waals surface area contributed by atoms with E-state index < -0.39 is 11.3 Å². The third-order valence-corrected chi connectivity index (χ3v) is 6.84. The minimum Gasteiger partial charge on any atom is -0.361 e. The van der Waals surface area contributed by atoms with E-state index in [1.165, 1.54) is 6.08 Å². The first kappa shape index (κ1) is 22.5. The molecule has 0 bridgehead atoms. The monoisotopic (exact) mass is 457 g/mol. The van der Waals surface area contributed by atoms with Crippen LogP contribution in [0.15, 0.2) is 121 Å². The molecule has 3 heteroatoms. The third-order valence-electron chi connectivity index (χ3n) is 6.84. The standard InChI is InChI=1S/C32H27NO2/c1-32(2)29(34)20-26(23-12-5-3-6-13-23)31(35)27(30(32)24-15-7-4-8-16-24)21-33-28-19-11-17-22-14-9-10-18-25(22)28/h3-21,30,33H,1-2H3/b27-21-/t30-/m1/s1. The number of hydrogen-bond acceptors (Lipinski definition) is 3. The van der Waals surface area contributed by atoms with Crippen LogP contribution in [0.3, 0.4) is 0 Å². The van der Waals surface area contributed by atoms with Crippen LogP contribution in [0.5, 0.6) is 0 Å². The summed E-state index contributed by atoms with van der Waals surface area (Å²) in [6.45, 7) is 3.85. The fourth-order valence-electron chi connectivity index (χ4n) is 4.93. The smallest absolute Gasteiger partial charge is 0.191 e. The molecule has 0 amide bonds. The summed E-state index contributed by atoms with van der Waals surface area (Å²) in [5.41, 5.74) is 2.76. The van der Waals surface area contributed by atoms with Gasteiger partial charge in [0.05, 0.1) is 0 Å². The van der Waals surface area contributed by atoms with Gasteiger partial charge < -0.3 is 5.32 Å². The van der Waals surface area contributed by atoms with Crippen molar-refractivity contribution in [2.45, 2.75) is 19.8 Å². The largest absolute Gasteiger partial charge is 0.361 e. The molecule has 0 heterocycles. The Labute approximate surface area is 205 Å². The first-order valence-corrected chi connectivity index (χ1v) is 11.8. The fraction of sp³-hybridized carbons (Fsp3) is 0.125. The Hall–Kier alpha value is -4.24. The molecular weight excluding hydrogens is 430 g/mol. The first-order chi connectivity index (χ1) is 17.0. The molecule has 35 heavy (non-hydrogen) atoms. The highest BCUT2D eigenvalue weighted by molar-refractivity contribution is 6.33. The van der Waals surface area contributed by atoms with E-state index in [9.17, 15) is 9.59 Å². The van der Waals surface area contributed by atoms with E-state index in [-0.39, 0.29) is 11.6 Å². The summed E-state index contributed by atoms with van der Waals surface area (Å²) >= 11 is 0. The zero-order valence-electron chi connectivity index (χ0n) is 19.9. The second-order valence-electron chi connectivity index (χ2n) is 9.45. The number of anilines is 1. The Morgan fingerprint density at radius 2 is 1.37 bits per heavy atom. The number of Topliss-reactive ketones (excluding diaryl/α,β-unsaturated/α-hetero) is 1. The molecule has 4 aromatic carbocycles. The number of benzene rings is 4. The van der Waals surface area contributed by atoms with E-state index in [4.69, 9.17) is 0 Å². The lowest BCUT2D eigenvalue weighted by molar-refractivity contribution is -0.122. The van der Waals surface area contributed by atoms with E-state index in [0.717, 1.165) is 27.6 Å². The van der Waals surface area contributed by atoms with Crippen LogP contribution in [0.1, 0.15) is 30.9 Å². The molecule has 0 saturated heterocycles. The summed E-state index contributed by atoms with van der Waals surface area (Å²) in [4.78, 5) is 27.7. The number of ketones is 2. The third kappa shape index (κ3) is 4.22. The van der Waals surface area contributed by atoms with Crippen molar-refractivity contribution in [3.8, 4) is 0 Å². The molecule has 0 radical (unpaired) electrons. The van der Waals surface area contributed by atoms with Crippen molar-refractivity contribution in [3.63, 3.8) is 0 Å². The summed E-state index contributed by atoms with van der Waals surface area (Å²) in [6, 6.07) is 33.5. The van der Waals surface area contributed by atoms with Crippen LogP contribution in [0, 0.1) is 5.41 Å². The average Bonchev–Trinajstić information content (AvgIpc) is 2.96. The van der Waals surface area contributed by atoms with Crippen LogP contribution >= 0.6 is 0 Å². The maximum atomic E-state index is 14.1. The summed E-state index contributed by atoms with van der Waals surface area (Å²) in [6.07, 6.45) is 3.34. The van der Waals surface area contributed by atoms with E-state index in [1.807, 2.05) is 98.8 Å². The quantitative estimate of drug-likeness (QED) is 0.330. The number of hydrogen-bond donors (Lipinski definition) is 1. The van der Waals surface area contributed by atoms with Crippen LogP contribution in [-0.4, -0.2) is 11.6 Å². The second-order valence-corrected chi connectivity index (χ2v) is 9.45. The summed E-state index contributed by atoms with van der Waals surface area (Å²) < 4.78 is 0. The molecule has 5 rings (SSSR count). The van der Waals surface area contributed by atoms with Gasteiger partial charge in [-0.3, -0.25) is 9.59 Å². The zero-order valence-corrected chi connectivity index (χ0v) is 19.9. The lowest BCUT2D eigenvalue weighted by Gasteiger charge is -2.32. The molecule has 0 spiro atoms. The van der Waals surface area contributed by atoms with Crippen LogP contribution in [-0.2, 0) is 9.59 Å². The van der Waals surface area contributed by atoms with E-state index in [1.54, 1.807) is 6.20 Å². The molecule has 1 N–H and O–H groups in total. The number of carbonyl (C=O) groups excluding carboxylic acids is 2. The molecule has 0 fully saturated rings. The maximum absolute atomic E-state index is 14.1. The molecule has 0 aromatic heterocycles. The van der Waals surface area contributed by atoms with Gasteiger partial charge in [-0.15, -0.1) is 0 Å². The Morgan fingerprint density at radius 1 is 0.743 bits per heavy atom. The van der Waals surface area contributed by atoms with Gasteiger partial charge in [-0.05, 0) is 28.7 Å². The molecule has 1 atom stereocenters. The van der Waals surface area contributed by atoms with Crippen molar-refractivity contribution in [2.24, 2.45) is 5.41 Å². The molecule has 0 saturated carbocycles. The molecular formula is C32H27NO2. The SMILES string of the molecule is CC1(C)C(=O)C=C(c2ccccc2)C(=O)/C(=C\Nc2cccc3ccccc23)[C@H]1c1ccccc1. The predicted octanol–water partition coefficient (Wildman–Crippen LogP) is 7.18. The van der Waals surface area contributed by atoms with Gasteiger partial charge in [-0.25, -0.2) is 0 Å². The Kier molecular flexibility index (Phi) is 5.92. The van der Waals surface area contributed by atoms with E-state index >= 15 is 0 Å². The summed E-state index contributed by atoms with van der Waals surface area (Å²) in [7, 11) is 0. The number of carbonyl (C=O) groups is 2. The lowest BCUT2D eigenvalue weighted by atomic mass is 9.69. The maximum Gasteiger partial charge on any atom is 0.191 e. The van der Waals surface area contributed by atoms with Crippen molar-refractivity contribution in [2.75, 3.05) is 5.32 Å². The van der Waals surface area contributed by atoms with Gasteiger partial charge in [0.2, 0.25) is 0 Å². The molecule has 1 aliphatic rings. The van der Waals surface area contributed by atoms with Crippen LogP contribution < -0.4 is 5.32 Å². The van der Waals surface area contributed by atoms with Gasteiger partial charge >= 0.3 is 0 Å². The highest BCUT2D eigenvalue weighted by Crippen LogP contribution is 2.46. The average molecular weight is 458 g/mol. The highest BCUT2D eigenvalue weighted by Gasteiger charge is 2.44. The van der Waals surface area contributed by atoms with Gasteiger partial charge in [-0.2, -0.15) is 0 Å². The van der Waals surface area contributed by atoms with Crippen molar-refractivity contribution in [1.82, 2.24) is 0 Å². The second kappa shape index (κ2) is 9.19. The summed E-state index contributed by atoms with van der Waals surface area (Å²) in [5, 5.41) is 5.60. The van der Waals surface area contributed by atoms with Crippen LogP contribution in [0.4, 0.5) is 5.69 Å². The highest BCUT2D eigenvalue weighted by atomic mass is 16.1. The molecule has 0 aliphatic heterocycles. The normalized spacial score (nSPS) is 18.9. The molecule has 4 aromatic rings. The van der Waals surface area contributed by atoms with Crippen molar-refractivity contribution in [1.29, 1.82) is 0 Å². The zero-order chi connectivity index (χ0) is 24.4. The minimum absolute atomic E-state index is 0.0629. The van der Waals surface area contributed by atoms with Gasteiger partial charge in [0.25, 0.3) is 0 Å². The molecule has 1 aliphatic carbocycles. The number of nitrogens with one attached hydrogen (secondary N) is 1. The predicted molar refractivity (Wildman–Crippen MR) is 143 cm³/mol. The molecule has 0 unspecified atom stereocenters. The van der Waals surface area contributed by atoms with Crippen LogP contribution in [0.25, 0.3) is 16.3 Å². The Morgan fingerprint density at radius 3 is 2.11 bits per heavy atom. The van der Waals surface area contributed by atoms with E-state index in [2.05, 4.69) is 23.5 Å². The van der Waals surface area contributed by atoms with Gasteiger partial charge in [0.1, 0.15) is 0 Å². The van der Waals surface area contributed by atoms with Crippen molar-refractivity contribution < 1.29 is 9.59 Å².